The molecule has 0 saturated carbocycles. The Balaban J connectivity index is 1.22. The number of benzene rings is 8. The van der Waals surface area contributed by atoms with Gasteiger partial charge in [0.1, 0.15) is 0 Å². The standard InChI is InChI=1S/C49H34N2/c1-49(2)43-19-8-6-16-37(43)38-27-26-35(30-44(38)49)50(34-24-22-32(23-25-34)31-12-4-3-5-13-31)36-28-41-39-17-7-9-20-45(39)51-46-21-11-15-33-14-10-18-40(47(33)46)42(29-36)48(41)51/h3-30H,1-2H3. The van der Waals surface area contributed by atoms with Crippen LogP contribution in [0.5, 0.6) is 0 Å². The summed E-state index contributed by atoms with van der Waals surface area (Å²) in [4.78, 5) is 2.47. The molecule has 0 bridgehead atoms. The number of aromatic nitrogens is 1. The van der Waals surface area contributed by atoms with Gasteiger partial charge in [0.25, 0.3) is 0 Å². The molecular weight excluding hydrogens is 617 g/mol. The maximum Gasteiger partial charge on any atom is 0.0621 e. The van der Waals surface area contributed by atoms with Crippen LogP contribution < -0.4 is 4.90 Å². The normalized spacial score (nSPS) is 13.5. The fraction of sp³-hybridized carbons (Fsp3) is 0.0612. The predicted molar refractivity (Wildman–Crippen MR) is 216 cm³/mol. The average molecular weight is 651 g/mol. The monoisotopic (exact) mass is 650 g/mol. The van der Waals surface area contributed by atoms with Gasteiger partial charge in [-0.05, 0) is 92.7 Å². The lowest BCUT2D eigenvalue weighted by atomic mass is 9.82. The lowest BCUT2D eigenvalue weighted by Gasteiger charge is -2.29. The average Bonchev–Trinajstić information content (AvgIpc) is 3.63. The van der Waals surface area contributed by atoms with Crippen molar-refractivity contribution in [1.29, 1.82) is 0 Å². The van der Waals surface area contributed by atoms with E-state index in [1.165, 1.54) is 82.2 Å². The van der Waals surface area contributed by atoms with E-state index in [2.05, 4.69) is 193 Å². The molecule has 0 atom stereocenters. The van der Waals surface area contributed by atoms with E-state index < -0.39 is 0 Å². The highest BCUT2D eigenvalue weighted by Crippen LogP contribution is 2.51. The molecule has 240 valence electrons. The van der Waals surface area contributed by atoms with Crippen molar-refractivity contribution in [1.82, 2.24) is 4.40 Å². The number of nitrogens with zero attached hydrogens (tertiary/aromatic N) is 2. The van der Waals surface area contributed by atoms with E-state index >= 15 is 0 Å². The molecule has 0 N–H and O–H groups in total. The van der Waals surface area contributed by atoms with Gasteiger partial charge in [-0.1, -0.05) is 135 Å². The van der Waals surface area contributed by atoms with Crippen molar-refractivity contribution < 1.29 is 0 Å². The molecule has 11 rings (SSSR count). The van der Waals surface area contributed by atoms with E-state index in [1.807, 2.05) is 0 Å². The minimum Gasteiger partial charge on any atom is -0.310 e. The van der Waals surface area contributed by atoms with Gasteiger partial charge in [0.15, 0.2) is 0 Å². The Bertz CT molecular complexity index is 2980. The Morgan fingerprint density at radius 1 is 0.431 bits per heavy atom. The number of para-hydroxylation sites is 1. The van der Waals surface area contributed by atoms with E-state index in [0.717, 1.165) is 17.1 Å². The third-order valence-corrected chi connectivity index (χ3v) is 11.5. The van der Waals surface area contributed by atoms with Crippen molar-refractivity contribution in [2.75, 3.05) is 4.90 Å². The van der Waals surface area contributed by atoms with Gasteiger partial charge in [0.05, 0.1) is 16.6 Å². The minimum absolute atomic E-state index is 0.104. The highest BCUT2D eigenvalue weighted by Gasteiger charge is 2.36. The summed E-state index contributed by atoms with van der Waals surface area (Å²) in [5.74, 6) is 0. The first-order chi connectivity index (χ1) is 25.1. The molecule has 0 saturated heterocycles. The fourth-order valence-corrected chi connectivity index (χ4v) is 9.11. The van der Waals surface area contributed by atoms with Crippen LogP contribution in [-0.2, 0) is 5.41 Å². The van der Waals surface area contributed by atoms with E-state index in [1.54, 1.807) is 0 Å². The summed E-state index contributed by atoms with van der Waals surface area (Å²) in [7, 11) is 0. The van der Waals surface area contributed by atoms with Crippen LogP contribution in [0.3, 0.4) is 0 Å². The van der Waals surface area contributed by atoms with Crippen LogP contribution in [-0.4, -0.2) is 4.40 Å². The van der Waals surface area contributed by atoms with Crippen molar-refractivity contribution in [3.05, 3.63) is 181 Å². The molecule has 0 unspecified atom stereocenters. The predicted octanol–water partition coefficient (Wildman–Crippen LogP) is 13.4. The van der Waals surface area contributed by atoms with Crippen molar-refractivity contribution in [2.45, 2.75) is 19.3 Å². The fourth-order valence-electron chi connectivity index (χ4n) is 9.11. The van der Waals surface area contributed by atoms with Crippen molar-refractivity contribution in [3.63, 3.8) is 0 Å². The third-order valence-electron chi connectivity index (χ3n) is 11.5. The summed E-state index contributed by atoms with van der Waals surface area (Å²) in [6.45, 7) is 4.73. The molecule has 0 spiro atoms. The van der Waals surface area contributed by atoms with Crippen LogP contribution in [0.1, 0.15) is 25.0 Å². The van der Waals surface area contributed by atoms with Crippen LogP contribution in [0.4, 0.5) is 17.1 Å². The van der Waals surface area contributed by atoms with E-state index in [0.29, 0.717) is 0 Å². The first-order valence-electron chi connectivity index (χ1n) is 17.9. The second-order valence-corrected chi connectivity index (χ2v) is 14.6. The van der Waals surface area contributed by atoms with Gasteiger partial charge in [0, 0.05) is 44.0 Å². The van der Waals surface area contributed by atoms with Gasteiger partial charge in [-0.2, -0.15) is 0 Å². The third kappa shape index (κ3) is 3.93. The molecule has 51 heavy (non-hydrogen) atoms. The first kappa shape index (κ1) is 28.5. The zero-order valence-corrected chi connectivity index (χ0v) is 28.6. The van der Waals surface area contributed by atoms with Crippen LogP contribution in [0.25, 0.3) is 71.1 Å². The summed E-state index contributed by atoms with van der Waals surface area (Å²) in [6.07, 6.45) is 0. The molecule has 10 aromatic rings. The molecule has 0 amide bonds. The van der Waals surface area contributed by atoms with Crippen molar-refractivity contribution >= 4 is 65.9 Å². The maximum atomic E-state index is 2.49. The quantitative estimate of drug-likeness (QED) is 0.136. The topological polar surface area (TPSA) is 7.65 Å². The van der Waals surface area contributed by atoms with Crippen molar-refractivity contribution in [2.24, 2.45) is 0 Å². The molecular formula is C49H34N2. The van der Waals surface area contributed by atoms with E-state index in [9.17, 15) is 0 Å². The molecule has 0 aliphatic heterocycles. The van der Waals surface area contributed by atoms with Gasteiger partial charge < -0.3 is 9.30 Å². The molecule has 2 heterocycles. The molecule has 8 aromatic carbocycles. The van der Waals surface area contributed by atoms with Crippen LogP contribution in [0, 0.1) is 0 Å². The number of pyridine rings is 1. The minimum atomic E-state index is -0.104. The summed E-state index contributed by atoms with van der Waals surface area (Å²) < 4.78 is 2.49. The van der Waals surface area contributed by atoms with Gasteiger partial charge in [0.2, 0.25) is 0 Å². The summed E-state index contributed by atoms with van der Waals surface area (Å²) in [5, 5.41) is 7.66. The zero-order valence-electron chi connectivity index (χ0n) is 28.6. The second kappa shape index (κ2) is 10.3. The van der Waals surface area contributed by atoms with Gasteiger partial charge in [-0.3, -0.25) is 0 Å². The van der Waals surface area contributed by atoms with Crippen molar-refractivity contribution in [3.8, 4) is 22.3 Å². The van der Waals surface area contributed by atoms with E-state index in [4.69, 9.17) is 0 Å². The Morgan fingerprint density at radius 2 is 1.06 bits per heavy atom. The van der Waals surface area contributed by atoms with Crippen LogP contribution in [0.15, 0.2) is 170 Å². The molecule has 2 aromatic heterocycles. The summed E-state index contributed by atoms with van der Waals surface area (Å²) >= 11 is 0. The number of hydrogen-bond donors (Lipinski definition) is 0. The zero-order chi connectivity index (χ0) is 33.8. The molecule has 2 nitrogen and oxygen atoms in total. The maximum absolute atomic E-state index is 2.49. The second-order valence-electron chi connectivity index (χ2n) is 14.6. The lowest BCUT2D eigenvalue weighted by molar-refractivity contribution is 0.660. The largest absolute Gasteiger partial charge is 0.310 e. The number of fused-ring (bicyclic) bond motifs is 8. The molecule has 1 aliphatic carbocycles. The molecule has 1 aliphatic rings. The van der Waals surface area contributed by atoms with Gasteiger partial charge >= 0.3 is 0 Å². The first-order valence-corrected chi connectivity index (χ1v) is 17.9. The van der Waals surface area contributed by atoms with E-state index in [-0.39, 0.29) is 5.41 Å². The highest BCUT2D eigenvalue weighted by molar-refractivity contribution is 6.27. The number of hydrogen-bond acceptors (Lipinski definition) is 1. The Kier molecular flexibility index (Phi) is 5.76. The molecule has 0 fully saturated rings. The van der Waals surface area contributed by atoms with Crippen LogP contribution in [0.2, 0.25) is 0 Å². The Morgan fingerprint density at radius 3 is 1.90 bits per heavy atom. The van der Waals surface area contributed by atoms with Gasteiger partial charge in [-0.15, -0.1) is 0 Å². The summed E-state index contributed by atoms with van der Waals surface area (Å²) in [5.41, 5.74) is 15.0. The molecule has 0 radical (unpaired) electrons. The Labute approximate surface area is 296 Å². The smallest absolute Gasteiger partial charge is 0.0621 e. The molecule has 2 heteroatoms. The summed E-state index contributed by atoms with van der Waals surface area (Å²) in [6, 6.07) is 62.9. The lowest BCUT2D eigenvalue weighted by Crippen LogP contribution is -2.16. The number of rotatable bonds is 4. The van der Waals surface area contributed by atoms with Gasteiger partial charge in [-0.25, -0.2) is 0 Å². The highest BCUT2D eigenvalue weighted by atomic mass is 15.1. The number of anilines is 3. The van der Waals surface area contributed by atoms with Crippen LogP contribution >= 0.6 is 0 Å². The Hall–Kier alpha value is -6.38. The SMILES string of the molecule is CC1(C)c2ccccc2-c2ccc(N(c3ccc(-c4ccccc4)cc3)c3cc4c5cccc6cccc(c65)n5c6ccccc6c(c3)c45)cc21.